The second-order valence-corrected chi connectivity index (χ2v) is 16.0. The lowest BCUT2D eigenvalue weighted by Crippen LogP contribution is -2.49. The van der Waals surface area contributed by atoms with Crippen LogP contribution >= 0.6 is 7.29 Å². The van der Waals surface area contributed by atoms with E-state index < -0.39 is 18.9 Å². The van der Waals surface area contributed by atoms with E-state index in [4.69, 9.17) is 14.2 Å². The summed E-state index contributed by atoms with van der Waals surface area (Å²) in [5.41, 5.74) is 1.54. The van der Waals surface area contributed by atoms with Crippen molar-refractivity contribution in [1.82, 2.24) is 9.57 Å². The average molecular weight is 657 g/mol. The van der Waals surface area contributed by atoms with Crippen LogP contribution in [0, 0.1) is 11.3 Å². The Labute approximate surface area is 278 Å². The summed E-state index contributed by atoms with van der Waals surface area (Å²) >= 11 is 0. The Kier molecular flexibility index (Phi) is 12.2. The summed E-state index contributed by atoms with van der Waals surface area (Å²) in [5.74, 6) is 3.33. The summed E-state index contributed by atoms with van der Waals surface area (Å²) < 4.78 is 35.3. The molecule has 0 bridgehead atoms. The zero-order valence-corrected chi connectivity index (χ0v) is 29.0. The van der Waals surface area contributed by atoms with Crippen LogP contribution in [0.15, 0.2) is 89.6 Å². The Balaban J connectivity index is 1.91. The number of rotatable bonds is 16. The Morgan fingerprint density at radius 3 is 1.87 bits per heavy atom. The first-order valence-electron chi connectivity index (χ1n) is 15.9. The van der Waals surface area contributed by atoms with Crippen LogP contribution in [-0.2, 0) is 19.7 Å². The molecular formula is C37H45N4O5P. The normalized spacial score (nSPS) is 14.0. The number of aliphatic imine (C=N–C) groups is 1. The second-order valence-electron chi connectivity index (χ2n) is 12.1. The van der Waals surface area contributed by atoms with Crippen LogP contribution in [0.5, 0.6) is 11.5 Å². The molecule has 1 atom stereocenters. The number of carbonyl (C=O) groups excluding carboxylic acids is 1. The third-order valence-corrected chi connectivity index (χ3v) is 13.0. The first kappa shape index (κ1) is 35.7. The lowest BCUT2D eigenvalue weighted by atomic mass is 9.80. The van der Waals surface area contributed by atoms with Crippen molar-refractivity contribution in [3.8, 4) is 17.6 Å². The number of hydrogen-bond acceptors (Lipinski definition) is 8. The van der Waals surface area contributed by atoms with Crippen LogP contribution in [0.3, 0.4) is 0 Å². The van der Waals surface area contributed by atoms with E-state index in [1.165, 1.54) is 0 Å². The number of ether oxygens (including phenoxy) is 3. The van der Waals surface area contributed by atoms with Crippen molar-refractivity contribution in [2.45, 2.75) is 57.1 Å². The van der Waals surface area contributed by atoms with Gasteiger partial charge in [0, 0.05) is 30.8 Å². The van der Waals surface area contributed by atoms with Gasteiger partial charge in [-0.2, -0.15) is 5.26 Å². The fourth-order valence-electron chi connectivity index (χ4n) is 6.34. The number of nitrogens with zero attached hydrogens (tertiary/aromatic N) is 4. The molecule has 0 N–H and O–H groups in total. The van der Waals surface area contributed by atoms with E-state index in [1.54, 1.807) is 20.6 Å². The van der Waals surface area contributed by atoms with Gasteiger partial charge in [-0.05, 0) is 41.0 Å². The molecule has 1 aliphatic rings. The minimum atomic E-state index is -3.04. The highest BCUT2D eigenvalue weighted by molar-refractivity contribution is 7.62. The van der Waals surface area contributed by atoms with Gasteiger partial charge in [0.05, 0.1) is 45.8 Å². The number of methoxy groups -OCH3 is 2. The van der Waals surface area contributed by atoms with Crippen LogP contribution in [0.1, 0.15) is 50.8 Å². The predicted molar refractivity (Wildman–Crippen MR) is 186 cm³/mol. The predicted octanol–water partition coefficient (Wildman–Crippen LogP) is 6.75. The first-order valence-corrected chi connectivity index (χ1v) is 17.7. The molecule has 0 unspecified atom stereocenters. The van der Waals surface area contributed by atoms with E-state index in [1.807, 2.05) is 122 Å². The molecule has 3 aromatic carbocycles. The zero-order chi connectivity index (χ0) is 34.0. The van der Waals surface area contributed by atoms with Crippen molar-refractivity contribution in [3.05, 3.63) is 101 Å². The van der Waals surface area contributed by atoms with E-state index in [9.17, 15) is 10.1 Å². The maximum Gasteiger partial charge on any atom is 0.155 e. The fourth-order valence-corrected chi connectivity index (χ4v) is 9.78. The fraction of sp³-hybridized carbons (Fsp3) is 0.405. The molecule has 1 heterocycles. The summed E-state index contributed by atoms with van der Waals surface area (Å²) in [6.45, 7) is 9.03. The summed E-state index contributed by atoms with van der Waals surface area (Å²) in [4.78, 5) is 17.6. The van der Waals surface area contributed by atoms with Crippen LogP contribution in [-0.4, -0.2) is 79.7 Å². The third kappa shape index (κ3) is 7.70. The molecule has 0 spiro atoms. The lowest BCUT2D eigenvalue weighted by Gasteiger charge is -2.44. The van der Waals surface area contributed by atoms with Crippen molar-refractivity contribution < 1.29 is 23.6 Å². The van der Waals surface area contributed by atoms with Gasteiger partial charge in [-0.15, -0.1) is 0 Å². The van der Waals surface area contributed by atoms with Crippen molar-refractivity contribution in [3.63, 3.8) is 0 Å². The van der Waals surface area contributed by atoms with Gasteiger partial charge < -0.3 is 23.7 Å². The van der Waals surface area contributed by atoms with Gasteiger partial charge in [-0.3, -0.25) is 0 Å². The SMILES string of the molecule is COc1ccc(C(OC[C@@H](CN2C=NC(=C=O)C2)N(CCC#N)P(=O)(C(C)C)C(C)C)(c2ccccc2)c2ccc(OC)cc2)cc1. The molecule has 0 aromatic heterocycles. The lowest BCUT2D eigenvalue weighted by molar-refractivity contribution is -0.0141. The van der Waals surface area contributed by atoms with Gasteiger partial charge in [0.2, 0.25) is 0 Å². The quantitative estimate of drug-likeness (QED) is 0.0948. The van der Waals surface area contributed by atoms with Gasteiger partial charge in [0.15, 0.2) is 7.29 Å². The van der Waals surface area contributed by atoms with Crippen molar-refractivity contribution in [2.24, 2.45) is 4.99 Å². The molecule has 1 aliphatic heterocycles. The number of hydrogen-bond donors (Lipinski definition) is 0. The first-order chi connectivity index (χ1) is 22.6. The minimum Gasteiger partial charge on any atom is -0.497 e. The Morgan fingerprint density at radius 1 is 0.894 bits per heavy atom. The number of benzene rings is 3. The van der Waals surface area contributed by atoms with Crippen LogP contribution in [0.2, 0.25) is 0 Å². The maximum atomic E-state index is 15.0. The maximum absolute atomic E-state index is 15.0. The van der Waals surface area contributed by atoms with Crippen LogP contribution < -0.4 is 9.47 Å². The summed E-state index contributed by atoms with van der Waals surface area (Å²) in [5, 5.41) is 9.69. The van der Waals surface area contributed by atoms with E-state index in [0.717, 1.165) is 16.7 Å². The Bertz CT molecular complexity index is 1570. The summed E-state index contributed by atoms with van der Waals surface area (Å²) in [7, 11) is 0.223. The van der Waals surface area contributed by atoms with Crippen molar-refractivity contribution in [1.29, 1.82) is 5.26 Å². The van der Waals surface area contributed by atoms with E-state index in [-0.39, 0.29) is 24.3 Å². The van der Waals surface area contributed by atoms with E-state index >= 15 is 4.57 Å². The largest absolute Gasteiger partial charge is 0.497 e. The molecule has 10 heteroatoms. The standard InChI is InChI=1S/C37H45N4O5P/c1-28(2)47(43,29(3)4)41(22-10-21-38)34(24-40-23-33(25-42)39-27-40)26-46-37(30-11-8-7-9-12-30,31-13-17-35(44-5)18-14-31)32-15-19-36(45-6)20-16-32/h7-9,11-20,27-29,34H,10,22-24,26H2,1-6H3/t34-/m1/s1. The van der Waals surface area contributed by atoms with Gasteiger partial charge in [0.1, 0.15) is 28.7 Å². The molecule has 0 radical (unpaired) electrons. The Morgan fingerprint density at radius 2 is 1.43 bits per heavy atom. The third-order valence-electron chi connectivity index (χ3n) is 8.71. The molecule has 0 amide bonds. The van der Waals surface area contributed by atoms with E-state index in [2.05, 4.69) is 11.1 Å². The molecule has 0 saturated heterocycles. The monoisotopic (exact) mass is 656 g/mol. The molecule has 47 heavy (non-hydrogen) atoms. The summed E-state index contributed by atoms with van der Waals surface area (Å²) in [6.07, 6.45) is 1.83. The average Bonchev–Trinajstić information content (AvgIpc) is 3.56. The van der Waals surface area contributed by atoms with Gasteiger partial charge in [0.25, 0.3) is 0 Å². The molecule has 0 aliphatic carbocycles. The zero-order valence-electron chi connectivity index (χ0n) is 28.1. The topological polar surface area (TPSA) is 104 Å². The van der Waals surface area contributed by atoms with Crippen LogP contribution in [0.4, 0.5) is 0 Å². The van der Waals surface area contributed by atoms with Crippen molar-refractivity contribution >= 4 is 19.6 Å². The van der Waals surface area contributed by atoms with Crippen molar-refractivity contribution in [2.75, 3.05) is 40.5 Å². The molecule has 9 nitrogen and oxygen atoms in total. The molecule has 0 fully saturated rings. The van der Waals surface area contributed by atoms with Gasteiger partial charge in [-0.25, -0.2) is 14.5 Å². The highest BCUT2D eigenvalue weighted by Gasteiger charge is 2.44. The highest BCUT2D eigenvalue weighted by atomic mass is 31.2. The molecule has 0 saturated carbocycles. The molecule has 4 rings (SSSR count). The molecular weight excluding hydrogens is 611 g/mol. The summed E-state index contributed by atoms with van der Waals surface area (Å²) in [6, 6.07) is 27.5. The van der Waals surface area contributed by atoms with Crippen LogP contribution in [0.25, 0.3) is 0 Å². The number of nitriles is 1. The minimum absolute atomic E-state index is 0.145. The Hall–Kier alpha value is -4.18. The smallest absolute Gasteiger partial charge is 0.155 e. The van der Waals surface area contributed by atoms with Gasteiger partial charge in [-0.1, -0.05) is 82.3 Å². The highest BCUT2D eigenvalue weighted by Crippen LogP contribution is 2.59. The van der Waals surface area contributed by atoms with Gasteiger partial charge >= 0.3 is 0 Å². The molecule has 3 aromatic rings. The second kappa shape index (κ2) is 16.1. The molecule has 248 valence electrons. The van der Waals surface area contributed by atoms with E-state index in [0.29, 0.717) is 36.8 Å².